The van der Waals surface area contributed by atoms with Gasteiger partial charge in [-0.2, -0.15) is 0 Å². The third-order valence-electron chi connectivity index (χ3n) is 3.91. The molecule has 0 fully saturated rings. The third kappa shape index (κ3) is 2.39. The van der Waals surface area contributed by atoms with Gasteiger partial charge in [0.1, 0.15) is 11.5 Å². The number of hydrogen-bond donors (Lipinski definition) is 0. The van der Waals surface area contributed by atoms with Crippen LogP contribution < -0.4 is 9.47 Å². The second-order valence-corrected chi connectivity index (χ2v) is 5.62. The summed E-state index contributed by atoms with van der Waals surface area (Å²) in [5.74, 6) is 1.92. The lowest BCUT2D eigenvalue weighted by Gasteiger charge is -2.17. The van der Waals surface area contributed by atoms with Crippen molar-refractivity contribution in [3.8, 4) is 11.5 Å². The smallest absolute Gasteiger partial charge is 0.135 e. The standard InChI is InChI=1S/C20H22O2/c1-5-21-19-15-9-7-14(4)12-18(15)20(22-6-2)16-10-8-13(3)11-17(16)19/h7-12H,5-6H2,1-4H3. The van der Waals surface area contributed by atoms with Crippen LogP contribution in [0.25, 0.3) is 21.5 Å². The molecule has 0 N–H and O–H groups in total. The van der Waals surface area contributed by atoms with E-state index in [9.17, 15) is 0 Å². The molecular weight excluding hydrogens is 272 g/mol. The van der Waals surface area contributed by atoms with Crippen molar-refractivity contribution in [1.29, 1.82) is 0 Å². The maximum absolute atomic E-state index is 6.00. The first-order chi connectivity index (χ1) is 10.7. The van der Waals surface area contributed by atoms with E-state index in [2.05, 4.69) is 50.2 Å². The van der Waals surface area contributed by atoms with E-state index in [1.54, 1.807) is 0 Å². The molecular formula is C20H22O2. The summed E-state index contributed by atoms with van der Waals surface area (Å²) >= 11 is 0. The predicted molar refractivity (Wildman–Crippen MR) is 93.3 cm³/mol. The summed E-state index contributed by atoms with van der Waals surface area (Å²) in [6.07, 6.45) is 0. The lowest BCUT2D eigenvalue weighted by Crippen LogP contribution is -1.99. The molecule has 0 aliphatic rings. The fourth-order valence-electron chi connectivity index (χ4n) is 2.98. The molecule has 0 saturated heterocycles. The maximum atomic E-state index is 6.00. The molecule has 2 heteroatoms. The fourth-order valence-corrected chi connectivity index (χ4v) is 2.98. The Morgan fingerprint density at radius 1 is 0.636 bits per heavy atom. The summed E-state index contributed by atoms with van der Waals surface area (Å²) in [6.45, 7) is 9.57. The topological polar surface area (TPSA) is 18.5 Å². The van der Waals surface area contributed by atoms with E-state index in [1.807, 2.05) is 13.8 Å². The summed E-state index contributed by atoms with van der Waals surface area (Å²) in [7, 11) is 0. The quantitative estimate of drug-likeness (QED) is 0.599. The fraction of sp³-hybridized carbons (Fsp3) is 0.300. The average molecular weight is 294 g/mol. The van der Waals surface area contributed by atoms with Gasteiger partial charge in [-0.3, -0.25) is 0 Å². The molecule has 0 radical (unpaired) electrons. The summed E-state index contributed by atoms with van der Waals surface area (Å²) in [6, 6.07) is 12.9. The Balaban J connectivity index is 2.51. The largest absolute Gasteiger partial charge is 0.493 e. The lowest BCUT2D eigenvalue weighted by atomic mass is 9.98. The first kappa shape index (κ1) is 14.7. The molecule has 0 heterocycles. The molecule has 3 rings (SSSR count). The molecule has 0 aliphatic carbocycles. The van der Waals surface area contributed by atoms with Crippen LogP contribution in [0.1, 0.15) is 25.0 Å². The summed E-state index contributed by atoms with van der Waals surface area (Å²) < 4.78 is 12.0. The van der Waals surface area contributed by atoms with Crippen molar-refractivity contribution < 1.29 is 9.47 Å². The van der Waals surface area contributed by atoms with Crippen LogP contribution in [-0.2, 0) is 0 Å². The molecule has 0 saturated carbocycles. The molecule has 0 spiro atoms. The van der Waals surface area contributed by atoms with Crippen molar-refractivity contribution in [2.24, 2.45) is 0 Å². The van der Waals surface area contributed by atoms with Crippen molar-refractivity contribution in [2.45, 2.75) is 27.7 Å². The van der Waals surface area contributed by atoms with Crippen LogP contribution in [0, 0.1) is 13.8 Å². The highest BCUT2D eigenvalue weighted by atomic mass is 16.5. The van der Waals surface area contributed by atoms with Gasteiger partial charge < -0.3 is 9.47 Å². The molecule has 3 aromatic carbocycles. The molecule has 0 bridgehead atoms. The number of aryl methyl sites for hydroxylation is 2. The van der Waals surface area contributed by atoms with Crippen molar-refractivity contribution in [1.82, 2.24) is 0 Å². The van der Waals surface area contributed by atoms with Crippen LogP contribution in [0.2, 0.25) is 0 Å². The van der Waals surface area contributed by atoms with Gasteiger partial charge in [-0.1, -0.05) is 35.4 Å². The average Bonchev–Trinajstić information content (AvgIpc) is 2.50. The van der Waals surface area contributed by atoms with Gasteiger partial charge in [0.05, 0.1) is 13.2 Å². The van der Waals surface area contributed by atoms with E-state index >= 15 is 0 Å². The molecule has 2 nitrogen and oxygen atoms in total. The van der Waals surface area contributed by atoms with Gasteiger partial charge in [-0.05, 0) is 39.8 Å². The van der Waals surface area contributed by atoms with Crippen molar-refractivity contribution in [2.75, 3.05) is 13.2 Å². The Morgan fingerprint density at radius 3 is 1.41 bits per heavy atom. The van der Waals surface area contributed by atoms with Gasteiger partial charge in [0.15, 0.2) is 0 Å². The van der Waals surface area contributed by atoms with Gasteiger partial charge >= 0.3 is 0 Å². The van der Waals surface area contributed by atoms with E-state index in [-0.39, 0.29) is 0 Å². The summed E-state index contributed by atoms with van der Waals surface area (Å²) in [5.41, 5.74) is 2.45. The number of ether oxygens (including phenoxy) is 2. The molecule has 114 valence electrons. The first-order valence-electron chi connectivity index (χ1n) is 7.88. The van der Waals surface area contributed by atoms with Gasteiger partial charge in [0.2, 0.25) is 0 Å². The van der Waals surface area contributed by atoms with Gasteiger partial charge in [-0.25, -0.2) is 0 Å². The first-order valence-corrected chi connectivity index (χ1v) is 7.88. The second kappa shape index (κ2) is 5.88. The van der Waals surface area contributed by atoms with Gasteiger partial charge in [-0.15, -0.1) is 0 Å². The van der Waals surface area contributed by atoms with Gasteiger partial charge in [0.25, 0.3) is 0 Å². The minimum Gasteiger partial charge on any atom is -0.493 e. The van der Waals surface area contributed by atoms with Gasteiger partial charge in [0, 0.05) is 21.5 Å². The Morgan fingerprint density at radius 2 is 1.05 bits per heavy atom. The highest BCUT2D eigenvalue weighted by molar-refractivity contribution is 6.11. The number of fused-ring (bicyclic) bond motifs is 2. The Hall–Kier alpha value is -2.22. The van der Waals surface area contributed by atoms with Crippen LogP contribution in [0.3, 0.4) is 0 Å². The maximum Gasteiger partial charge on any atom is 0.135 e. The van der Waals surface area contributed by atoms with E-state index in [0.29, 0.717) is 13.2 Å². The molecule has 0 unspecified atom stereocenters. The van der Waals surface area contributed by atoms with Crippen LogP contribution >= 0.6 is 0 Å². The molecule has 3 aromatic rings. The zero-order valence-electron chi connectivity index (χ0n) is 13.7. The minimum atomic E-state index is 0.653. The third-order valence-corrected chi connectivity index (χ3v) is 3.91. The summed E-state index contributed by atoms with van der Waals surface area (Å²) in [4.78, 5) is 0. The van der Waals surface area contributed by atoms with E-state index in [1.165, 1.54) is 11.1 Å². The zero-order chi connectivity index (χ0) is 15.7. The number of hydrogen-bond acceptors (Lipinski definition) is 2. The predicted octanol–water partition coefficient (Wildman–Crippen LogP) is 5.41. The second-order valence-electron chi connectivity index (χ2n) is 5.62. The monoisotopic (exact) mass is 294 g/mol. The van der Waals surface area contributed by atoms with Crippen molar-refractivity contribution >= 4 is 21.5 Å². The van der Waals surface area contributed by atoms with Crippen LogP contribution in [0.5, 0.6) is 11.5 Å². The number of benzene rings is 3. The SMILES string of the molecule is CCOc1c2ccc(C)cc2c(OCC)c2ccc(C)cc12. The van der Waals surface area contributed by atoms with Crippen LogP contribution in [-0.4, -0.2) is 13.2 Å². The Kier molecular flexibility index (Phi) is 3.93. The van der Waals surface area contributed by atoms with E-state index in [0.717, 1.165) is 33.0 Å². The van der Waals surface area contributed by atoms with Crippen LogP contribution in [0.15, 0.2) is 36.4 Å². The van der Waals surface area contributed by atoms with Crippen molar-refractivity contribution in [3.05, 3.63) is 47.5 Å². The Labute approximate surface area is 131 Å². The highest BCUT2D eigenvalue weighted by Crippen LogP contribution is 2.43. The lowest BCUT2D eigenvalue weighted by molar-refractivity contribution is 0.342. The molecule has 0 atom stereocenters. The molecule has 0 aromatic heterocycles. The molecule has 0 amide bonds. The molecule has 22 heavy (non-hydrogen) atoms. The van der Waals surface area contributed by atoms with Crippen molar-refractivity contribution in [3.63, 3.8) is 0 Å². The number of rotatable bonds is 4. The normalized spacial score (nSPS) is 11.1. The van der Waals surface area contributed by atoms with Crippen LogP contribution in [0.4, 0.5) is 0 Å². The van der Waals surface area contributed by atoms with E-state index in [4.69, 9.17) is 9.47 Å². The summed E-state index contributed by atoms with van der Waals surface area (Å²) in [5, 5.41) is 4.49. The molecule has 0 aliphatic heterocycles. The highest BCUT2D eigenvalue weighted by Gasteiger charge is 2.16. The Bertz CT molecular complexity index is 763. The van der Waals surface area contributed by atoms with E-state index < -0.39 is 0 Å². The zero-order valence-corrected chi connectivity index (χ0v) is 13.7. The minimum absolute atomic E-state index is 0.653.